The predicted octanol–water partition coefficient (Wildman–Crippen LogP) is 2.33. The van der Waals surface area contributed by atoms with Gasteiger partial charge in [0.1, 0.15) is 5.75 Å². The Kier molecular flexibility index (Phi) is 6.23. The van der Waals surface area contributed by atoms with E-state index in [2.05, 4.69) is 10.5 Å². The molecule has 0 spiro atoms. The first-order valence-electron chi connectivity index (χ1n) is 8.95. The van der Waals surface area contributed by atoms with Gasteiger partial charge in [-0.3, -0.25) is 19.7 Å². The van der Waals surface area contributed by atoms with Crippen LogP contribution in [0.1, 0.15) is 15.9 Å². The lowest BCUT2D eigenvalue weighted by atomic mass is 10.1. The van der Waals surface area contributed by atoms with Crippen LogP contribution in [0.4, 0.5) is 23.7 Å². The lowest BCUT2D eigenvalue weighted by Crippen LogP contribution is -2.58. The molecule has 0 unspecified atom stereocenters. The number of nitrogens with one attached hydrogen (secondary N) is 2. The van der Waals surface area contributed by atoms with E-state index in [-0.39, 0.29) is 11.3 Å². The van der Waals surface area contributed by atoms with E-state index in [0.29, 0.717) is 16.7 Å². The summed E-state index contributed by atoms with van der Waals surface area (Å²) in [6, 6.07) is 8.29. The van der Waals surface area contributed by atoms with Gasteiger partial charge in [0.05, 0.1) is 18.4 Å². The third-order valence-corrected chi connectivity index (χ3v) is 4.38. The summed E-state index contributed by atoms with van der Waals surface area (Å²) >= 11 is 0. The fourth-order valence-corrected chi connectivity index (χ4v) is 2.77. The number of hydrogen-bond donors (Lipinski definition) is 2. The highest BCUT2D eigenvalue weighted by molar-refractivity contribution is 6.32. The second-order valence-corrected chi connectivity index (χ2v) is 6.44. The van der Waals surface area contributed by atoms with E-state index in [9.17, 15) is 32.3 Å². The summed E-state index contributed by atoms with van der Waals surface area (Å²) in [5, 5.41) is 5.45. The minimum absolute atomic E-state index is 0.211. The molecule has 2 aromatic rings. The lowest BCUT2D eigenvalue weighted by Gasteiger charge is -2.28. The van der Waals surface area contributed by atoms with Gasteiger partial charge in [-0.1, -0.05) is 6.07 Å². The molecule has 0 saturated carbocycles. The van der Waals surface area contributed by atoms with Gasteiger partial charge >= 0.3 is 12.2 Å². The molecule has 1 fully saturated rings. The lowest BCUT2D eigenvalue weighted by molar-refractivity contribution is -0.138. The van der Waals surface area contributed by atoms with Crippen molar-refractivity contribution in [3.8, 4) is 5.75 Å². The van der Waals surface area contributed by atoms with Crippen LogP contribution in [-0.4, -0.2) is 37.1 Å². The van der Waals surface area contributed by atoms with E-state index >= 15 is 0 Å². The predicted molar refractivity (Wildman–Crippen MR) is 105 cm³/mol. The first-order valence-corrected chi connectivity index (χ1v) is 8.95. The third kappa shape index (κ3) is 4.74. The fourth-order valence-electron chi connectivity index (χ4n) is 2.77. The van der Waals surface area contributed by atoms with E-state index in [4.69, 9.17) is 4.74 Å². The van der Waals surface area contributed by atoms with Crippen molar-refractivity contribution in [3.63, 3.8) is 0 Å². The molecule has 1 saturated heterocycles. The van der Waals surface area contributed by atoms with Crippen molar-refractivity contribution < 1.29 is 37.1 Å². The third-order valence-electron chi connectivity index (χ3n) is 4.38. The highest BCUT2D eigenvalue weighted by atomic mass is 19.4. The summed E-state index contributed by atoms with van der Waals surface area (Å²) in [5.74, 6) is -3.95. The number of urea groups is 1. The molecule has 0 bridgehead atoms. The van der Waals surface area contributed by atoms with Gasteiger partial charge in [0.15, 0.2) is 5.92 Å². The molecular weight excluding hydrogens is 433 g/mol. The van der Waals surface area contributed by atoms with Gasteiger partial charge in [-0.15, -0.1) is 0 Å². The Labute approximate surface area is 178 Å². The van der Waals surface area contributed by atoms with Gasteiger partial charge in [0.25, 0.3) is 11.8 Å². The zero-order valence-electron chi connectivity index (χ0n) is 16.3. The monoisotopic (exact) mass is 448 g/mol. The highest BCUT2D eigenvalue weighted by Gasteiger charge is 2.41. The van der Waals surface area contributed by atoms with Gasteiger partial charge in [0.2, 0.25) is 5.91 Å². The number of rotatable bonds is 5. The standard InChI is InChI=1S/C20H15F3N4O5/c1-32-14-7-5-11(6-8-14)16(28)26-24-10-15-17(29)25-19(31)27(18(15)30)13-4-2-3-12(9-13)20(21,22)23/h2-10,15H,1H3,(H,26,28)(H,25,29,31)/b24-10-/t15-/m0/s1. The zero-order chi connectivity index (χ0) is 23.5. The van der Waals surface area contributed by atoms with Crippen molar-refractivity contribution in [2.75, 3.05) is 12.0 Å². The molecule has 1 aliphatic heterocycles. The molecule has 5 amide bonds. The van der Waals surface area contributed by atoms with Gasteiger partial charge < -0.3 is 4.74 Å². The van der Waals surface area contributed by atoms with Crippen LogP contribution in [0.2, 0.25) is 0 Å². The van der Waals surface area contributed by atoms with Crippen LogP contribution in [-0.2, 0) is 15.8 Å². The molecule has 166 valence electrons. The number of halogens is 3. The summed E-state index contributed by atoms with van der Waals surface area (Å²) in [6.07, 6.45) is -3.92. The first kappa shape index (κ1) is 22.5. The minimum atomic E-state index is -4.70. The Morgan fingerprint density at radius 1 is 1.16 bits per heavy atom. The number of barbiturate groups is 1. The summed E-state index contributed by atoms with van der Waals surface area (Å²) in [4.78, 5) is 49.3. The Morgan fingerprint density at radius 3 is 2.47 bits per heavy atom. The number of carbonyl (C=O) groups is 4. The van der Waals surface area contributed by atoms with Crippen molar-refractivity contribution in [1.82, 2.24) is 10.7 Å². The maximum atomic E-state index is 13.0. The van der Waals surface area contributed by atoms with Crippen LogP contribution >= 0.6 is 0 Å². The van der Waals surface area contributed by atoms with Crippen molar-refractivity contribution in [1.29, 1.82) is 0 Å². The molecule has 1 aliphatic rings. The van der Waals surface area contributed by atoms with Crippen molar-refractivity contribution >= 4 is 35.7 Å². The van der Waals surface area contributed by atoms with E-state index < -0.39 is 41.4 Å². The average molecular weight is 448 g/mol. The molecule has 0 aromatic heterocycles. The Balaban J connectivity index is 1.77. The first-order chi connectivity index (χ1) is 15.1. The van der Waals surface area contributed by atoms with Crippen LogP contribution in [0, 0.1) is 5.92 Å². The number of amides is 5. The van der Waals surface area contributed by atoms with Crippen molar-refractivity contribution in [2.45, 2.75) is 6.18 Å². The number of carbonyl (C=O) groups excluding carboxylic acids is 4. The maximum absolute atomic E-state index is 13.0. The number of hydrogen-bond acceptors (Lipinski definition) is 6. The van der Waals surface area contributed by atoms with Crippen molar-refractivity contribution in [2.24, 2.45) is 11.0 Å². The van der Waals surface area contributed by atoms with E-state index in [1.165, 1.54) is 31.4 Å². The summed E-state index contributed by atoms with van der Waals surface area (Å²) in [7, 11) is 1.46. The van der Waals surface area contributed by atoms with E-state index in [0.717, 1.165) is 24.4 Å². The van der Waals surface area contributed by atoms with E-state index in [1.807, 2.05) is 5.32 Å². The summed E-state index contributed by atoms with van der Waals surface area (Å²) < 4.78 is 43.9. The van der Waals surface area contributed by atoms with Crippen LogP contribution in [0.15, 0.2) is 53.6 Å². The van der Waals surface area contributed by atoms with Gasteiger partial charge in [-0.2, -0.15) is 18.3 Å². The Morgan fingerprint density at radius 2 is 1.84 bits per heavy atom. The zero-order valence-corrected chi connectivity index (χ0v) is 16.3. The normalized spacial score (nSPS) is 16.8. The van der Waals surface area contributed by atoms with Crippen LogP contribution in [0.25, 0.3) is 0 Å². The Hall–Kier alpha value is -4.22. The number of ether oxygens (including phenoxy) is 1. The molecule has 2 aromatic carbocycles. The molecule has 2 N–H and O–H groups in total. The molecule has 0 radical (unpaired) electrons. The molecule has 32 heavy (non-hydrogen) atoms. The number of methoxy groups -OCH3 is 1. The molecule has 1 atom stereocenters. The smallest absolute Gasteiger partial charge is 0.416 e. The topological polar surface area (TPSA) is 117 Å². The maximum Gasteiger partial charge on any atom is 0.416 e. The minimum Gasteiger partial charge on any atom is -0.497 e. The van der Waals surface area contributed by atoms with Crippen LogP contribution in [0.3, 0.4) is 0 Å². The average Bonchev–Trinajstić information content (AvgIpc) is 2.75. The van der Waals surface area contributed by atoms with E-state index in [1.54, 1.807) is 0 Å². The van der Waals surface area contributed by atoms with Gasteiger partial charge in [-0.05, 0) is 42.5 Å². The number of anilines is 1. The second-order valence-electron chi connectivity index (χ2n) is 6.44. The van der Waals surface area contributed by atoms with Crippen LogP contribution in [0.5, 0.6) is 5.75 Å². The summed E-state index contributed by atoms with van der Waals surface area (Å²) in [6.45, 7) is 0. The molecule has 12 heteroatoms. The van der Waals surface area contributed by atoms with Gasteiger partial charge in [0, 0.05) is 11.8 Å². The Bertz CT molecular complexity index is 1100. The number of hydrazone groups is 1. The quantitative estimate of drug-likeness (QED) is 0.414. The number of imide groups is 2. The largest absolute Gasteiger partial charge is 0.497 e. The van der Waals surface area contributed by atoms with Crippen LogP contribution < -0.4 is 20.4 Å². The molecular formula is C20H15F3N4O5. The summed E-state index contributed by atoms with van der Waals surface area (Å²) in [5.41, 5.74) is 0.878. The number of benzene rings is 2. The molecule has 1 heterocycles. The fraction of sp³-hybridized carbons (Fsp3) is 0.150. The number of alkyl halides is 3. The van der Waals surface area contributed by atoms with Gasteiger partial charge in [-0.25, -0.2) is 15.1 Å². The molecule has 0 aliphatic carbocycles. The second kappa shape index (κ2) is 8.88. The van der Waals surface area contributed by atoms with Crippen molar-refractivity contribution in [3.05, 3.63) is 59.7 Å². The SMILES string of the molecule is COc1ccc(C(=O)N/N=C\[C@H]2C(=O)NC(=O)N(c3cccc(C(F)(F)F)c3)C2=O)cc1. The molecule has 9 nitrogen and oxygen atoms in total. The number of nitrogens with zero attached hydrogens (tertiary/aromatic N) is 2. The highest BCUT2D eigenvalue weighted by Crippen LogP contribution is 2.32. The molecule has 3 rings (SSSR count).